The van der Waals surface area contributed by atoms with E-state index >= 15 is 0 Å². The van der Waals surface area contributed by atoms with E-state index in [4.69, 9.17) is 9.47 Å². The highest BCUT2D eigenvalue weighted by Gasteiger charge is 2.18. The summed E-state index contributed by atoms with van der Waals surface area (Å²) in [6.07, 6.45) is 2.03. The fraction of sp³-hybridized carbons (Fsp3) is 0.192. The second kappa shape index (κ2) is 9.99. The monoisotopic (exact) mass is 444 g/mol. The molecule has 0 radical (unpaired) electrons. The summed E-state index contributed by atoms with van der Waals surface area (Å²) in [7, 11) is 1.29. The van der Waals surface area contributed by atoms with Gasteiger partial charge in [-0.05, 0) is 60.4 Å². The Hall–Kier alpha value is -4.13. The van der Waals surface area contributed by atoms with E-state index in [9.17, 15) is 14.4 Å². The fourth-order valence-electron chi connectivity index (χ4n) is 3.70. The largest absolute Gasteiger partial charge is 0.465 e. The predicted molar refractivity (Wildman–Crippen MR) is 125 cm³/mol. The maximum Gasteiger partial charge on any atom is 0.340 e. The van der Waals surface area contributed by atoms with E-state index in [1.165, 1.54) is 7.11 Å². The van der Waals surface area contributed by atoms with Crippen LogP contribution in [-0.4, -0.2) is 24.9 Å². The van der Waals surface area contributed by atoms with Gasteiger partial charge in [-0.1, -0.05) is 30.3 Å². The highest BCUT2D eigenvalue weighted by Crippen LogP contribution is 2.28. The molecule has 0 bridgehead atoms. The van der Waals surface area contributed by atoms with E-state index in [-0.39, 0.29) is 23.8 Å². The lowest BCUT2D eigenvalue weighted by atomic mass is 10.0. The molecular formula is C26H24N2O5. The van der Waals surface area contributed by atoms with Crippen LogP contribution in [0.25, 0.3) is 0 Å². The number of ether oxygens (including phenoxy) is 2. The zero-order chi connectivity index (χ0) is 23.2. The quantitative estimate of drug-likeness (QED) is 0.490. The van der Waals surface area contributed by atoms with Crippen LogP contribution in [0.15, 0.2) is 66.7 Å². The molecule has 1 aliphatic heterocycles. The summed E-state index contributed by atoms with van der Waals surface area (Å²) in [5.41, 5.74) is 3.51. The Morgan fingerprint density at radius 2 is 1.82 bits per heavy atom. The van der Waals surface area contributed by atoms with Crippen LogP contribution < -0.4 is 15.4 Å². The third-order valence-corrected chi connectivity index (χ3v) is 5.31. The molecule has 168 valence electrons. The number of rotatable bonds is 8. The average Bonchev–Trinajstić information content (AvgIpc) is 3.19. The first-order valence-electron chi connectivity index (χ1n) is 10.7. The van der Waals surface area contributed by atoms with Gasteiger partial charge < -0.3 is 20.1 Å². The molecule has 1 heterocycles. The summed E-state index contributed by atoms with van der Waals surface area (Å²) in [5.74, 6) is 0.337. The van der Waals surface area contributed by atoms with Crippen LogP contribution in [0.5, 0.6) is 11.5 Å². The minimum absolute atomic E-state index is 0.00289. The number of carbonyl (C=O) groups is 3. The van der Waals surface area contributed by atoms with Crippen LogP contribution >= 0.6 is 0 Å². The van der Waals surface area contributed by atoms with Crippen molar-refractivity contribution in [3.63, 3.8) is 0 Å². The molecule has 4 rings (SSSR count). The van der Waals surface area contributed by atoms with Crippen molar-refractivity contribution in [2.45, 2.75) is 25.7 Å². The van der Waals surface area contributed by atoms with Crippen molar-refractivity contribution in [2.24, 2.45) is 0 Å². The predicted octanol–water partition coefficient (Wildman–Crippen LogP) is 4.72. The molecule has 0 saturated carbocycles. The van der Waals surface area contributed by atoms with Gasteiger partial charge in [0.2, 0.25) is 11.8 Å². The summed E-state index contributed by atoms with van der Waals surface area (Å²) in [6.45, 7) is 0. The van der Waals surface area contributed by atoms with Gasteiger partial charge >= 0.3 is 5.97 Å². The van der Waals surface area contributed by atoms with E-state index in [1.807, 2.05) is 48.5 Å². The summed E-state index contributed by atoms with van der Waals surface area (Å²) < 4.78 is 10.7. The number of benzene rings is 3. The van der Waals surface area contributed by atoms with E-state index < -0.39 is 5.97 Å². The first-order valence-corrected chi connectivity index (χ1v) is 10.7. The standard InChI is InChI=1S/C26H24N2O5/c1-32-26(31)21-16-20(33-19-7-3-2-4-8-19)11-13-23(21)28-24(29)9-5-6-17-10-12-22-18(14-17)15-25(30)27-22/h2-4,7-8,10-14,16H,5-6,9,15H2,1H3,(H,27,30)(H,28,29). The van der Waals surface area contributed by atoms with Crippen molar-refractivity contribution in [3.05, 3.63) is 83.4 Å². The number of nitrogens with one attached hydrogen (secondary N) is 2. The minimum atomic E-state index is -0.565. The average molecular weight is 444 g/mol. The molecule has 0 atom stereocenters. The van der Waals surface area contributed by atoms with E-state index in [0.29, 0.717) is 36.4 Å². The molecule has 0 aromatic heterocycles. The molecule has 0 fully saturated rings. The minimum Gasteiger partial charge on any atom is -0.465 e. The van der Waals surface area contributed by atoms with Crippen LogP contribution in [0.1, 0.15) is 34.3 Å². The van der Waals surface area contributed by atoms with Crippen molar-refractivity contribution >= 4 is 29.2 Å². The summed E-state index contributed by atoms with van der Waals surface area (Å²) >= 11 is 0. The number of hydrogen-bond acceptors (Lipinski definition) is 5. The molecule has 3 aromatic carbocycles. The second-order valence-electron chi connectivity index (χ2n) is 7.73. The van der Waals surface area contributed by atoms with Crippen molar-refractivity contribution in [1.82, 2.24) is 0 Å². The highest BCUT2D eigenvalue weighted by molar-refractivity contribution is 6.01. The zero-order valence-electron chi connectivity index (χ0n) is 18.2. The molecule has 0 unspecified atom stereocenters. The van der Waals surface area contributed by atoms with Gasteiger partial charge in [-0.2, -0.15) is 0 Å². The molecular weight excluding hydrogens is 420 g/mol. The number of hydrogen-bond donors (Lipinski definition) is 2. The first-order chi connectivity index (χ1) is 16.0. The molecule has 0 spiro atoms. The Labute approximate surface area is 191 Å². The number of amides is 2. The van der Waals surface area contributed by atoms with Crippen molar-refractivity contribution < 1.29 is 23.9 Å². The topological polar surface area (TPSA) is 93.7 Å². The Morgan fingerprint density at radius 1 is 1.00 bits per heavy atom. The van der Waals surface area contributed by atoms with Gasteiger partial charge in [-0.15, -0.1) is 0 Å². The van der Waals surface area contributed by atoms with E-state index in [1.54, 1.807) is 18.2 Å². The summed E-state index contributed by atoms with van der Waals surface area (Å²) in [6, 6.07) is 19.9. The van der Waals surface area contributed by atoms with Gasteiger partial charge in [0, 0.05) is 12.1 Å². The second-order valence-corrected chi connectivity index (χ2v) is 7.73. The van der Waals surface area contributed by atoms with Crippen LogP contribution in [0.3, 0.4) is 0 Å². The molecule has 2 amide bonds. The number of fused-ring (bicyclic) bond motifs is 1. The summed E-state index contributed by atoms with van der Waals surface area (Å²) in [4.78, 5) is 36.3. The van der Waals surface area contributed by atoms with Gasteiger partial charge in [0.25, 0.3) is 0 Å². The molecule has 0 saturated heterocycles. The molecule has 7 heteroatoms. The molecule has 1 aliphatic rings. The number of aryl methyl sites for hydroxylation is 1. The maximum atomic E-state index is 12.5. The zero-order valence-corrected chi connectivity index (χ0v) is 18.2. The highest BCUT2D eigenvalue weighted by atomic mass is 16.5. The smallest absolute Gasteiger partial charge is 0.340 e. The van der Waals surface area contributed by atoms with E-state index in [2.05, 4.69) is 10.6 Å². The number of carbonyl (C=O) groups excluding carboxylic acids is 3. The first kappa shape index (κ1) is 22.1. The summed E-state index contributed by atoms with van der Waals surface area (Å²) in [5, 5.41) is 5.61. The SMILES string of the molecule is COC(=O)c1cc(Oc2ccccc2)ccc1NC(=O)CCCc1ccc2c(c1)CC(=O)N2. The van der Waals surface area contributed by atoms with Crippen LogP contribution in [0.4, 0.5) is 11.4 Å². The van der Waals surface area contributed by atoms with Gasteiger partial charge in [0.1, 0.15) is 11.5 Å². The number of methoxy groups -OCH3 is 1. The number of para-hydroxylation sites is 1. The van der Waals surface area contributed by atoms with Crippen LogP contribution in [-0.2, 0) is 27.2 Å². The number of anilines is 2. The van der Waals surface area contributed by atoms with Crippen molar-refractivity contribution in [1.29, 1.82) is 0 Å². The van der Waals surface area contributed by atoms with Gasteiger partial charge in [-0.25, -0.2) is 4.79 Å². The number of esters is 1. The van der Waals surface area contributed by atoms with Gasteiger partial charge in [0.15, 0.2) is 0 Å². The Morgan fingerprint density at radius 3 is 2.61 bits per heavy atom. The van der Waals surface area contributed by atoms with Gasteiger partial charge in [0.05, 0.1) is 24.8 Å². The third kappa shape index (κ3) is 5.57. The molecule has 2 N–H and O–H groups in total. The molecule has 7 nitrogen and oxygen atoms in total. The Kier molecular flexibility index (Phi) is 6.69. The molecule has 0 aliphatic carbocycles. The lowest BCUT2D eigenvalue weighted by molar-refractivity contribution is -0.116. The molecule has 3 aromatic rings. The van der Waals surface area contributed by atoms with E-state index in [0.717, 1.165) is 16.8 Å². The lowest BCUT2D eigenvalue weighted by Crippen LogP contribution is -2.15. The Balaban J connectivity index is 1.37. The third-order valence-electron chi connectivity index (χ3n) is 5.31. The maximum absolute atomic E-state index is 12.5. The Bertz CT molecular complexity index is 1190. The lowest BCUT2D eigenvalue weighted by Gasteiger charge is -2.12. The molecule has 33 heavy (non-hydrogen) atoms. The van der Waals surface area contributed by atoms with Crippen LogP contribution in [0, 0.1) is 0 Å². The van der Waals surface area contributed by atoms with Crippen molar-refractivity contribution in [2.75, 3.05) is 17.7 Å². The normalized spacial score (nSPS) is 12.0. The van der Waals surface area contributed by atoms with Gasteiger partial charge in [-0.3, -0.25) is 9.59 Å². The van der Waals surface area contributed by atoms with Crippen molar-refractivity contribution in [3.8, 4) is 11.5 Å². The fourth-order valence-corrected chi connectivity index (χ4v) is 3.70. The van der Waals surface area contributed by atoms with Crippen LogP contribution in [0.2, 0.25) is 0 Å².